The maximum absolute atomic E-state index is 11.6. The van der Waals surface area contributed by atoms with Crippen molar-refractivity contribution >= 4 is 29.5 Å². The molecule has 0 atom stereocenters. The second kappa shape index (κ2) is 6.78. The molecule has 0 saturated heterocycles. The van der Waals surface area contributed by atoms with Crippen LogP contribution in [0.1, 0.15) is 27.7 Å². The Morgan fingerprint density at radius 2 is 2.12 bits per heavy atom. The largest absolute Gasteiger partial charge is 0.465 e. The molecule has 2 heterocycles. The highest BCUT2D eigenvalue weighted by Gasteiger charge is 2.16. The molecule has 2 aromatic heterocycles. The summed E-state index contributed by atoms with van der Waals surface area (Å²) in [6.45, 7) is 1.63. The van der Waals surface area contributed by atoms with Crippen molar-refractivity contribution in [2.75, 3.05) is 31.8 Å². The molecule has 2 aromatic rings. The second-order valence-corrected chi connectivity index (χ2v) is 4.99. The van der Waals surface area contributed by atoms with Crippen LogP contribution in [0.15, 0.2) is 10.5 Å². The zero-order valence-corrected chi connectivity index (χ0v) is 13.7. The average molecular weight is 328 g/mol. The van der Waals surface area contributed by atoms with Crippen LogP contribution >= 0.6 is 0 Å². The SMILES string of the molecule is COC(=O)c1cc(C=C(C#N)c2nc(N)nc(N(C)C)n2)oc1C. The molecular formula is C15H16N6O3. The van der Waals surface area contributed by atoms with Gasteiger partial charge in [0.15, 0.2) is 5.82 Å². The van der Waals surface area contributed by atoms with E-state index in [9.17, 15) is 10.1 Å². The number of furan rings is 1. The molecule has 0 aliphatic carbocycles. The van der Waals surface area contributed by atoms with Gasteiger partial charge in [-0.1, -0.05) is 0 Å². The minimum atomic E-state index is -0.520. The lowest BCUT2D eigenvalue weighted by Gasteiger charge is -2.10. The topological polar surface area (TPSA) is 131 Å². The number of carbonyl (C=O) groups is 1. The zero-order chi connectivity index (χ0) is 17.9. The van der Waals surface area contributed by atoms with Gasteiger partial charge in [-0.3, -0.25) is 0 Å². The quantitative estimate of drug-likeness (QED) is 0.651. The van der Waals surface area contributed by atoms with Gasteiger partial charge in [0.2, 0.25) is 11.9 Å². The van der Waals surface area contributed by atoms with Crippen molar-refractivity contribution in [1.29, 1.82) is 5.26 Å². The van der Waals surface area contributed by atoms with Gasteiger partial charge in [0.1, 0.15) is 28.7 Å². The third-order valence-electron chi connectivity index (χ3n) is 3.03. The van der Waals surface area contributed by atoms with E-state index in [1.54, 1.807) is 25.9 Å². The van der Waals surface area contributed by atoms with E-state index in [0.717, 1.165) is 0 Å². The molecule has 2 N–H and O–H groups in total. The molecule has 0 saturated carbocycles. The van der Waals surface area contributed by atoms with Crippen LogP contribution in [0.4, 0.5) is 11.9 Å². The molecule has 0 spiro atoms. The smallest absolute Gasteiger partial charge is 0.341 e. The van der Waals surface area contributed by atoms with Gasteiger partial charge >= 0.3 is 5.97 Å². The predicted molar refractivity (Wildman–Crippen MR) is 86.8 cm³/mol. The molecule has 0 aliphatic heterocycles. The van der Waals surface area contributed by atoms with Gasteiger partial charge in [0, 0.05) is 20.2 Å². The number of hydrogen-bond acceptors (Lipinski definition) is 9. The van der Waals surface area contributed by atoms with E-state index in [0.29, 0.717) is 17.5 Å². The van der Waals surface area contributed by atoms with Gasteiger partial charge in [-0.2, -0.15) is 20.2 Å². The Bertz CT molecular complexity index is 847. The van der Waals surface area contributed by atoms with Crippen molar-refractivity contribution < 1.29 is 13.9 Å². The van der Waals surface area contributed by atoms with Crippen molar-refractivity contribution in [3.05, 3.63) is 29.0 Å². The first kappa shape index (κ1) is 17.0. The third-order valence-corrected chi connectivity index (χ3v) is 3.03. The van der Waals surface area contributed by atoms with Gasteiger partial charge in [-0.05, 0) is 13.0 Å². The lowest BCUT2D eigenvalue weighted by atomic mass is 10.2. The molecule has 0 bridgehead atoms. The van der Waals surface area contributed by atoms with Crippen molar-refractivity contribution in [2.45, 2.75) is 6.92 Å². The van der Waals surface area contributed by atoms with Gasteiger partial charge in [-0.25, -0.2) is 4.79 Å². The molecule has 9 nitrogen and oxygen atoms in total. The number of aromatic nitrogens is 3. The number of aryl methyl sites for hydroxylation is 1. The van der Waals surface area contributed by atoms with Crippen LogP contribution in [-0.4, -0.2) is 42.1 Å². The molecule has 0 fully saturated rings. The molecule has 0 amide bonds. The summed E-state index contributed by atoms with van der Waals surface area (Å²) >= 11 is 0. The average Bonchev–Trinajstić information content (AvgIpc) is 2.91. The number of hydrogen-bond donors (Lipinski definition) is 1. The van der Waals surface area contributed by atoms with Crippen molar-refractivity contribution in [3.8, 4) is 6.07 Å². The lowest BCUT2D eigenvalue weighted by Crippen LogP contribution is -2.15. The van der Waals surface area contributed by atoms with Gasteiger partial charge in [-0.15, -0.1) is 0 Å². The Balaban J connectivity index is 2.48. The summed E-state index contributed by atoms with van der Waals surface area (Å²) in [4.78, 5) is 25.4. The summed E-state index contributed by atoms with van der Waals surface area (Å²) in [5.41, 5.74) is 6.06. The molecule has 0 aromatic carbocycles. The standard InChI is InChI=1S/C15H16N6O3/c1-8-11(13(22)23-4)6-10(24-8)5-9(7-16)12-18-14(17)20-15(19-12)21(2)3/h5-6H,1-4H3,(H2,17,18,19,20). The summed E-state index contributed by atoms with van der Waals surface area (Å²) in [5.74, 6) is 0.598. The highest BCUT2D eigenvalue weighted by molar-refractivity contribution is 5.92. The number of nitriles is 1. The maximum atomic E-state index is 11.6. The first-order valence-electron chi connectivity index (χ1n) is 6.85. The number of methoxy groups -OCH3 is 1. The van der Waals surface area contributed by atoms with Gasteiger partial charge < -0.3 is 19.8 Å². The number of esters is 1. The normalized spacial score (nSPS) is 11.0. The number of carbonyl (C=O) groups excluding carboxylic acids is 1. The Morgan fingerprint density at radius 1 is 1.42 bits per heavy atom. The number of nitrogens with two attached hydrogens (primary N) is 1. The number of allylic oxidation sites excluding steroid dienone is 1. The maximum Gasteiger partial charge on any atom is 0.341 e. The van der Waals surface area contributed by atoms with Gasteiger partial charge in [0.05, 0.1) is 7.11 Å². The molecule has 0 aliphatic rings. The Morgan fingerprint density at radius 3 is 2.71 bits per heavy atom. The van der Waals surface area contributed by atoms with Crippen LogP contribution in [0, 0.1) is 18.3 Å². The molecule has 0 radical (unpaired) electrons. The van der Waals surface area contributed by atoms with Crippen LogP contribution in [0.5, 0.6) is 0 Å². The van der Waals surface area contributed by atoms with Crippen LogP contribution < -0.4 is 10.6 Å². The van der Waals surface area contributed by atoms with Crippen LogP contribution in [0.3, 0.4) is 0 Å². The van der Waals surface area contributed by atoms with E-state index in [2.05, 4.69) is 19.7 Å². The highest BCUT2D eigenvalue weighted by Crippen LogP contribution is 2.21. The second-order valence-electron chi connectivity index (χ2n) is 4.99. The minimum Gasteiger partial charge on any atom is -0.465 e. The Hall–Kier alpha value is -3.41. The van der Waals surface area contributed by atoms with E-state index in [-0.39, 0.29) is 22.9 Å². The Kier molecular flexibility index (Phi) is 4.79. The number of ether oxygens (including phenoxy) is 1. The van der Waals surface area contributed by atoms with Crippen molar-refractivity contribution in [3.63, 3.8) is 0 Å². The number of nitrogens with zero attached hydrogens (tertiary/aromatic N) is 5. The van der Waals surface area contributed by atoms with Crippen molar-refractivity contribution in [1.82, 2.24) is 15.0 Å². The van der Waals surface area contributed by atoms with Crippen LogP contribution in [0.2, 0.25) is 0 Å². The highest BCUT2D eigenvalue weighted by atomic mass is 16.5. The number of nitrogen functional groups attached to an aromatic ring is 1. The summed E-state index contributed by atoms with van der Waals surface area (Å²) in [6.07, 6.45) is 1.42. The molecule has 124 valence electrons. The van der Waals surface area contributed by atoms with E-state index in [1.165, 1.54) is 19.3 Å². The Labute approximate surface area is 138 Å². The molecule has 2 rings (SSSR count). The van der Waals surface area contributed by atoms with Crippen molar-refractivity contribution in [2.24, 2.45) is 0 Å². The van der Waals surface area contributed by atoms with E-state index >= 15 is 0 Å². The zero-order valence-electron chi connectivity index (χ0n) is 13.7. The summed E-state index contributed by atoms with van der Waals surface area (Å²) in [6, 6.07) is 3.47. The number of anilines is 2. The monoisotopic (exact) mass is 328 g/mol. The fraction of sp³-hybridized carbons (Fsp3) is 0.267. The summed E-state index contributed by atoms with van der Waals surface area (Å²) in [7, 11) is 4.76. The van der Waals surface area contributed by atoms with Crippen LogP contribution in [0.25, 0.3) is 11.6 Å². The summed E-state index contributed by atoms with van der Waals surface area (Å²) in [5, 5.41) is 9.39. The fourth-order valence-corrected chi connectivity index (χ4v) is 1.88. The minimum absolute atomic E-state index is 0.00396. The van der Waals surface area contributed by atoms with Gasteiger partial charge in [0.25, 0.3) is 0 Å². The molecular weight excluding hydrogens is 312 g/mol. The van der Waals surface area contributed by atoms with E-state index in [1.807, 2.05) is 6.07 Å². The summed E-state index contributed by atoms with van der Waals surface area (Å²) < 4.78 is 10.1. The molecule has 0 unspecified atom stereocenters. The lowest BCUT2D eigenvalue weighted by molar-refractivity contribution is 0.0599. The first-order valence-corrected chi connectivity index (χ1v) is 6.85. The fourth-order valence-electron chi connectivity index (χ4n) is 1.88. The predicted octanol–water partition coefficient (Wildman–Crippen LogP) is 1.27. The molecule has 24 heavy (non-hydrogen) atoms. The molecule has 9 heteroatoms. The van der Waals surface area contributed by atoms with Crippen LogP contribution in [-0.2, 0) is 4.74 Å². The van der Waals surface area contributed by atoms with E-state index < -0.39 is 5.97 Å². The number of rotatable bonds is 4. The first-order chi connectivity index (χ1) is 11.3. The third kappa shape index (κ3) is 3.49. The van der Waals surface area contributed by atoms with E-state index in [4.69, 9.17) is 10.2 Å².